The molecule has 0 unspecified atom stereocenters. The van der Waals surface area contributed by atoms with E-state index in [1.54, 1.807) is 21.2 Å². The number of aromatic amines is 1. The number of alkyl carbamates (subject to hydrolysis) is 1. The fourth-order valence-electron chi connectivity index (χ4n) is 2.62. The molecule has 0 saturated carbocycles. The van der Waals surface area contributed by atoms with Crippen molar-refractivity contribution < 1.29 is 19.1 Å². The van der Waals surface area contributed by atoms with Crippen LogP contribution in [0.1, 0.15) is 36.8 Å². The zero-order chi connectivity index (χ0) is 19.5. The number of hydrogen-bond donors (Lipinski definition) is 2. The Hall–Kier alpha value is -2.70. The van der Waals surface area contributed by atoms with Crippen molar-refractivity contribution in [1.29, 1.82) is 0 Å². The normalized spacial score (nSPS) is 11.3. The van der Waals surface area contributed by atoms with Gasteiger partial charge in [0.1, 0.15) is 17.0 Å². The van der Waals surface area contributed by atoms with E-state index in [1.165, 1.54) is 4.90 Å². The standard InChI is InChI=1S/C19H27N3O4/c1-19(2,3)26-18(24)20-10-9-13-14-11-12(25-6)7-8-15(14)21-16(13)17(23)22(4)5/h7-8,11,21H,9-10H2,1-6H3,(H,20,24). The molecule has 1 aromatic heterocycles. The molecule has 7 nitrogen and oxygen atoms in total. The molecule has 0 spiro atoms. The second kappa shape index (κ2) is 7.68. The number of amides is 2. The van der Waals surface area contributed by atoms with Gasteiger partial charge in [0, 0.05) is 31.5 Å². The maximum Gasteiger partial charge on any atom is 0.407 e. The van der Waals surface area contributed by atoms with Gasteiger partial charge in [0.2, 0.25) is 0 Å². The average Bonchev–Trinajstić information content (AvgIpc) is 2.90. The quantitative estimate of drug-likeness (QED) is 0.858. The third kappa shape index (κ3) is 4.68. The SMILES string of the molecule is COc1ccc2[nH]c(C(=O)N(C)C)c(CCNC(=O)OC(C)(C)C)c2c1. The van der Waals surface area contributed by atoms with Crippen molar-refractivity contribution in [2.24, 2.45) is 0 Å². The van der Waals surface area contributed by atoms with E-state index in [0.717, 1.165) is 16.5 Å². The summed E-state index contributed by atoms with van der Waals surface area (Å²) < 4.78 is 10.5. The lowest BCUT2D eigenvalue weighted by molar-refractivity contribution is 0.0528. The van der Waals surface area contributed by atoms with E-state index in [2.05, 4.69) is 10.3 Å². The Bertz CT molecular complexity index is 803. The average molecular weight is 361 g/mol. The first-order valence-electron chi connectivity index (χ1n) is 8.49. The number of fused-ring (bicyclic) bond motifs is 1. The molecule has 142 valence electrons. The van der Waals surface area contributed by atoms with Gasteiger partial charge in [-0.2, -0.15) is 0 Å². The Balaban J connectivity index is 2.26. The molecule has 7 heteroatoms. The van der Waals surface area contributed by atoms with Crippen molar-refractivity contribution in [1.82, 2.24) is 15.2 Å². The predicted octanol–water partition coefficient (Wildman–Crippen LogP) is 2.95. The van der Waals surface area contributed by atoms with Crippen molar-refractivity contribution in [3.63, 3.8) is 0 Å². The highest BCUT2D eigenvalue weighted by atomic mass is 16.6. The van der Waals surface area contributed by atoms with Crippen molar-refractivity contribution in [3.8, 4) is 5.75 Å². The molecule has 2 amide bonds. The lowest BCUT2D eigenvalue weighted by Gasteiger charge is -2.19. The zero-order valence-electron chi connectivity index (χ0n) is 16.2. The Kier molecular flexibility index (Phi) is 5.79. The Labute approximate surface area is 153 Å². The number of carbonyl (C=O) groups is 2. The molecule has 0 atom stereocenters. The van der Waals surface area contributed by atoms with Crippen molar-refractivity contribution in [2.75, 3.05) is 27.7 Å². The van der Waals surface area contributed by atoms with E-state index in [4.69, 9.17) is 9.47 Å². The Morgan fingerprint density at radius 3 is 2.50 bits per heavy atom. The number of benzene rings is 1. The van der Waals surface area contributed by atoms with E-state index < -0.39 is 11.7 Å². The summed E-state index contributed by atoms with van der Waals surface area (Å²) in [5.41, 5.74) is 1.66. The van der Waals surface area contributed by atoms with Crippen LogP contribution in [-0.4, -0.2) is 55.2 Å². The third-order valence-corrected chi connectivity index (χ3v) is 3.78. The number of methoxy groups -OCH3 is 1. The summed E-state index contributed by atoms with van der Waals surface area (Å²) in [6, 6.07) is 5.61. The molecule has 0 aliphatic carbocycles. The molecule has 2 N–H and O–H groups in total. The molecule has 0 radical (unpaired) electrons. The van der Waals surface area contributed by atoms with Gasteiger partial charge in [-0.05, 0) is 51.0 Å². The maximum atomic E-state index is 12.5. The van der Waals surface area contributed by atoms with Crippen LogP contribution in [0.15, 0.2) is 18.2 Å². The highest BCUT2D eigenvalue weighted by Crippen LogP contribution is 2.27. The fourth-order valence-corrected chi connectivity index (χ4v) is 2.62. The highest BCUT2D eigenvalue weighted by molar-refractivity contribution is 6.01. The minimum Gasteiger partial charge on any atom is -0.497 e. The van der Waals surface area contributed by atoms with Gasteiger partial charge >= 0.3 is 6.09 Å². The van der Waals surface area contributed by atoms with Crippen LogP contribution in [0, 0.1) is 0 Å². The van der Waals surface area contributed by atoms with Gasteiger partial charge in [0.05, 0.1) is 7.11 Å². The largest absolute Gasteiger partial charge is 0.497 e. The van der Waals surface area contributed by atoms with Crippen LogP contribution < -0.4 is 10.1 Å². The minimum absolute atomic E-state index is 0.118. The number of hydrogen-bond acceptors (Lipinski definition) is 4. The molecule has 0 aliphatic rings. The van der Waals surface area contributed by atoms with E-state index >= 15 is 0 Å². The lowest BCUT2D eigenvalue weighted by atomic mass is 10.1. The van der Waals surface area contributed by atoms with Crippen LogP contribution in [0.4, 0.5) is 4.79 Å². The van der Waals surface area contributed by atoms with Crippen molar-refractivity contribution in [2.45, 2.75) is 32.8 Å². The molecule has 1 aromatic carbocycles. The van der Waals surface area contributed by atoms with Gasteiger partial charge in [0.15, 0.2) is 0 Å². The third-order valence-electron chi connectivity index (χ3n) is 3.78. The first kappa shape index (κ1) is 19.6. The molecular formula is C19H27N3O4. The first-order chi connectivity index (χ1) is 12.1. The Morgan fingerprint density at radius 2 is 1.92 bits per heavy atom. The van der Waals surface area contributed by atoms with Crippen LogP contribution in [0.2, 0.25) is 0 Å². The summed E-state index contributed by atoms with van der Waals surface area (Å²) in [7, 11) is 5.01. The minimum atomic E-state index is -0.551. The smallest absolute Gasteiger partial charge is 0.407 e. The molecule has 2 aromatic rings. The lowest BCUT2D eigenvalue weighted by Crippen LogP contribution is -2.33. The zero-order valence-corrected chi connectivity index (χ0v) is 16.2. The van der Waals surface area contributed by atoms with Crippen LogP contribution in [0.25, 0.3) is 10.9 Å². The van der Waals surface area contributed by atoms with E-state index in [-0.39, 0.29) is 5.91 Å². The van der Waals surface area contributed by atoms with E-state index in [9.17, 15) is 9.59 Å². The van der Waals surface area contributed by atoms with Gasteiger partial charge in [-0.1, -0.05) is 0 Å². The molecule has 0 fully saturated rings. The maximum absolute atomic E-state index is 12.5. The van der Waals surface area contributed by atoms with Crippen LogP contribution in [-0.2, 0) is 11.2 Å². The van der Waals surface area contributed by atoms with Crippen molar-refractivity contribution in [3.05, 3.63) is 29.5 Å². The number of nitrogens with one attached hydrogen (secondary N) is 2. The van der Waals surface area contributed by atoms with Gasteiger partial charge in [-0.3, -0.25) is 4.79 Å². The summed E-state index contributed by atoms with van der Waals surface area (Å²) >= 11 is 0. The summed E-state index contributed by atoms with van der Waals surface area (Å²) in [6.45, 7) is 5.79. The van der Waals surface area contributed by atoms with Gasteiger partial charge < -0.3 is 24.7 Å². The summed E-state index contributed by atoms with van der Waals surface area (Å²) in [5.74, 6) is 0.592. The molecule has 2 rings (SSSR count). The van der Waals surface area contributed by atoms with Crippen LogP contribution in [0.3, 0.4) is 0 Å². The summed E-state index contributed by atoms with van der Waals surface area (Å²) in [4.78, 5) is 29.1. The van der Waals surface area contributed by atoms with Crippen LogP contribution >= 0.6 is 0 Å². The van der Waals surface area contributed by atoms with Gasteiger partial charge in [0.25, 0.3) is 5.91 Å². The topological polar surface area (TPSA) is 83.7 Å². The number of nitrogens with zero attached hydrogens (tertiary/aromatic N) is 1. The number of aromatic nitrogens is 1. The highest BCUT2D eigenvalue weighted by Gasteiger charge is 2.20. The number of rotatable bonds is 5. The van der Waals surface area contributed by atoms with E-state index in [1.807, 2.05) is 39.0 Å². The molecular weight excluding hydrogens is 334 g/mol. The van der Waals surface area contributed by atoms with E-state index in [0.29, 0.717) is 24.4 Å². The van der Waals surface area contributed by atoms with Crippen LogP contribution in [0.5, 0.6) is 5.75 Å². The second-order valence-electron chi connectivity index (χ2n) is 7.27. The first-order valence-corrected chi connectivity index (χ1v) is 8.49. The molecule has 26 heavy (non-hydrogen) atoms. The summed E-state index contributed by atoms with van der Waals surface area (Å²) in [5, 5.41) is 3.64. The molecule has 1 heterocycles. The number of ether oxygens (including phenoxy) is 2. The Morgan fingerprint density at radius 1 is 1.23 bits per heavy atom. The van der Waals surface area contributed by atoms with Crippen molar-refractivity contribution >= 4 is 22.9 Å². The second-order valence-corrected chi connectivity index (χ2v) is 7.27. The number of H-pyrrole nitrogens is 1. The predicted molar refractivity (Wildman–Crippen MR) is 101 cm³/mol. The summed E-state index contributed by atoms with van der Waals surface area (Å²) in [6.07, 6.45) is 0.0110. The fraction of sp³-hybridized carbons (Fsp3) is 0.474. The monoisotopic (exact) mass is 361 g/mol. The molecule has 0 bridgehead atoms. The number of carbonyl (C=O) groups excluding carboxylic acids is 2. The van der Waals surface area contributed by atoms with Gasteiger partial charge in [-0.25, -0.2) is 4.79 Å². The molecule has 0 saturated heterocycles. The van der Waals surface area contributed by atoms with Gasteiger partial charge in [-0.15, -0.1) is 0 Å². The molecule has 0 aliphatic heterocycles.